The number of ether oxygens (including phenoxy) is 2. The number of nitrogens with zero attached hydrogens (tertiary/aromatic N) is 4. The Morgan fingerprint density at radius 3 is 2.59 bits per heavy atom. The summed E-state index contributed by atoms with van der Waals surface area (Å²) in [6.07, 6.45) is 3.03. The number of rotatable bonds is 5. The maximum absolute atomic E-state index is 12.5. The summed E-state index contributed by atoms with van der Waals surface area (Å²) in [5.74, 6) is 0.727. The fourth-order valence-electron chi connectivity index (χ4n) is 2.89. The number of carbonyl (C=O) groups is 1. The molecule has 0 N–H and O–H groups in total. The van der Waals surface area contributed by atoms with Crippen molar-refractivity contribution in [3.05, 3.63) is 42.4 Å². The van der Waals surface area contributed by atoms with Gasteiger partial charge in [-0.25, -0.2) is 4.79 Å². The van der Waals surface area contributed by atoms with Crippen LogP contribution in [0.25, 0.3) is 22.0 Å². The molecule has 0 aliphatic heterocycles. The Bertz CT molecular complexity index is 1020. The molecule has 154 valence electrons. The summed E-state index contributed by atoms with van der Waals surface area (Å²) in [7, 11) is 4.01. The first kappa shape index (κ1) is 20.8. The summed E-state index contributed by atoms with van der Waals surface area (Å²) in [6, 6.07) is 7.82. The molecule has 3 aromatic rings. The first-order valence-corrected chi connectivity index (χ1v) is 9.60. The molecule has 0 aliphatic rings. The molecular formula is C22H28N4O3. The predicted molar refractivity (Wildman–Crippen MR) is 113 cm³/mol. The molecule has 29 heavy (non-hydrogen) atoms. The summed E-state index contributed by atoms with van der Waals surface area (Å²) in [5, 5.41) is 5.28. The number of hydrogen-bond acceptors (Lipinski definition) is 6. The van der Waals surface area contributed by atoms with Crippen LogP contribution in [-0.4, -0.2) is 58.6 Å². The Labute approximate surface area is 171 Å². The highest BCUT2D eigenvalue weighted by atomic mass is 16.6. The molecule has 2 heterocycles. The van der Waals surface area contributed by atoms with Crippen molar-refractivity contribution in [2.45, 2.75) is 33.3 Å². The van der Waals surface area contributed by atoms with Gasteiger partial charge in [-0.2, -0.15) is 9.78 Å². The number of aryl methyl sites for hydroxylation is 1. The van der Waals surface area contributed by atoms with Gasteiger partial charge in [-0.05, 0) is 65.6 Å². The lowest BCUT2D eigenvalue weighted by molar-refractivity contribution is 0.0522. The molecular weight excluding hydrogens is 368 g/mol. The van der Waals surface area contributed by atoms with Gasteiger partial charge in [-0.3, -0.25) is 4.98 Å². The van der Waals surface area contributed by atoms with Crippen molar-refractivity contribution in [2.75, 3.05) is 27.2 Å². The van der Waals surface area contributed by atoms with Crippen molar-refractivity contribution in [3.8, 4) is 16.9 Å². The van der Waals surface area contributed by atoms with Crippen LogP contribution in [0.3, 0.4) is 0 Å². The van der Waals surface area contributed by atoms with Crippen LogP contribution >= 0.6 is 0 Å². The van der Waals surface area contributed by atoms with Gasteiger partial charge < -0.3 is 14.4 Å². The number of benzene rings is 1. The summed E-state index contributed by atoms with van der Waals surface area (Å²) in [5.41, 5.74) is 2.82. The largest absolute Gasteiger partial charge is 0.491 e. The van der Waals surface area contributed by atoms with Gasteiger partial charge in [0.25, 0.3) is 0 Å². The third-order valence-corrected chi connectivity index (χ3v) is 4.28. The molecule has 0 amide bonds. The topological polar surface area (TPSA) is 69.5 Å². The number of aromatic nitrogens is 3. The molecule has 1 aromatic carbocycles. The van der Waals surface area contributed by atoms with E-state index in [0.29, 0.717) is 12.1 Å². The minimum atomic E-state index is -0.581. The quantitative estimate of drug-likeness (QED) is 0.646. The standard InChI is InChI=1S/C22H28N4O3/c1-15-19-12-16(17-11-18(14-23-13-17)28-10-9-25(5)6)7-8-20(19)26(24-15)21(27)29-22(2,3)4/h7-8,11-14H,9-10H2,1-6H3. The van der Waals surface area contributed by atoms with Gasteiger partial charge in [-0.15, -0.1) is 0 Å². The highest BCUT2D eigenvalue weighted by molar-refractivity contribution is 5.92. The molecule has 0 radical (unpaired) electrons. The SMILES string of the molecule is Cc1nn(C(=O)OC(C)(C)C)c2ccc(-c3cncc(OCCN(C)C)c3)cc12. The van der Waals surface area contributed by atoms with Crippen molar-refractivity contribution < 1.29 is 14.3 Å². The van der Waals surface area contributed by atoms with E-state index in [4.69, 9.17) is 9.47 Å². The summed E-state index contributed by atoms with van der Waals surface area (Å²) >= 11 is 0. The fraction of sp³-hybridized carbons (Fsp3) is 0.409. The lowest BCUT2D eigenvalue weighted by Gasteiger charge is -2.19. The van der Waals surface area contributed by atoms with Crippen LogP contribution in [0.1, 0.15) is 26.5 Å². The normalized spacial score (nSPS) is 11.8. The van der Waals surface area contributed by atoms with Gasteiger partial charge in [0.15, 0.2) is 0 Å². The first-order valence-electron chi connectivity index (χ1n) is 9.60. The first-order chi connectivity index (χ1) is 13.6. The van der Waals surface area contributed by atoms with Crippen molar-refractivity contribution in [1.29, 1.82) is 0 Å². The molecule has 0 saturated carbocycles. The molecule has 3 rings (SSSR count). The smallest absolute Gasteiger partial charge is 0.435 e. The van der Waals surface area contributed by atoms with Crippen LogP contribution in [0.2, 0.25) is 0 Å². The van der Waals surface area contributed by atoms with Crippen molar-refractivity contribution in [2.24, 2.45) is 0 Å². The molecule has 0 atom stereocenters. The number of likely N-dealkylation sites (N-methyl/N-ethyl adjacent to an activating group) is 1. The molecule has 0 aliphatic carbocycles. The third-order valence-electron chi connectivity index (χ3n) is 4.28. The van der Waals surface area contributed by atoms with Gasteiger partial charge in [0.1, 0.15) is 18.0 Å². The van der Waals surface area contributed by atoms with E-state index in [-0.39, 0.29) is 0 Å². The van der Waals surface area contributed by atoms with Crippen LogP contribution in [0.5, 0.6) is 5.75 Å². The third kappa shape index (κ3) is 5.12. The van der Waals surface area contributed by atoms with E-state index < -0.39 is 11.7 Å². The Hall–Kier alpha value is -2.93. The lowest BCUT2D eigenvalue weighted by Crippen LogP contribution is -2.27. The number of fused-ring (bicyclic) bond motifs is 1. The van der Waals surface area contributed by atoms with Gasteiger partial charge in [-0.1, -0.05) is 6.07 Å². The molecule has 0 fully saturated rings. The number of hydrogen-bond donors (Lipinski definition) is 0. The Balaban J connectivity index is 1.89. The monoisotopic (exact) mass is 396 g/mol. The van der Waals surface area contributed by atoms with Crippen LogP contribution in [0.4, 0.5) is 4.79 Å². The van der Waals surface area contributed by atoms with Gasteiger partial charge >= 0.3 is 6.09 Å². The van der Waals surface area contributed by atoms with Gasteiger partial charge in [0, 0.05) is 23.7 Å². The number of pyridine rings is 1. The Kier molecular flexibility index (Phi) is 5.88. The second-order valence-corrected chi connectivity index (χ2v) is 8.27. The van der Waals surface area contributed by atoms with E-state index in [1.165, 1.54) is 4.68 Å². The molecule has 0 unspecified atom stereocenters. The average molecular weight is 396 g/mol. The van der Waals surface area contributed by atoms with Crippen LogP contribution in [0, 0.1) is 6.92 Å². The highest BCUT2D eigenvalue weighted by Gasteiger charge is 2.21. The second-order valence-electron chi connectivity index (χ2n) is 8.27. The predicted octanol–water partition coefficient (Wildman–Crippen LogP) is 4.13. The molecule has 2 aromatic heterocycles. The van der Waals surface area contributed by atoms with Crippen molar-refractivity contribution >= 4 is 17.0 Å². The molecule has 0 saturated heterocycles. The van der Waals surface area contributed by atoms with E-state index in [1.807, 2.05) is 66.1 Å². The molecule has 0 spiro atoms. The van der Waals surface area contributed by atoms with E-state index in [9.17, 15) is 4.79 Å². The molecule has 7 heteroatoms. The van der Waals surface area contributed by atoms with Gasteiger partial charge in [0.05, 0.1) is 17.4 Å². The number of carbonyl (C=O) groups excluding carboxylic acids is 1. The van der Waals surface area contributed by atoms with Crippen LogP contribution < -0.4 is 4.74 Å². The molecule has 7 nitrogen and oxygen atoms in total. The minimum absolute atomic E-state index is 0.485. The average Bonchev–Trinajstić information content (AvgIpc) is 2.97. The zero-order valence-electron chi connectivity index (χ0n) is 17.9. The fourth-order valence-corrected chi connectivity index (χ4v) is 2.89. The summed E-state index contributed by atoms with van der Waals surface area (Å²) < 4.78 is 12.6. The minimum Gasteiger partial charge on any atom is -0.491 e. The van der Waals surface area contributed by atoms with Crippen molar-refractivity contribution in [1.82, 2.24) is 19.7 Å². The molecule has 0 bridgehead atoms. The van der Waals surface area contributed by atoms with E-state index in [2.05, 4.69) is 15.0 Å². The van der Waals surface area contributed by atoms with Crippen LogP contribution in [0.15, 0.2) is 36.7 Å². The maximum Gasteiger partial charge on any atom is 0.435 e. The maximum atomic E-state index is 12.5. The van der Waals surface area contributed by atoms with E-state index >= 15 is 0 Å². The van der Waals surface area contributed by atoms with Crippen molar-refractivity contribution in [3.63, 3.8) is 0 Å². The lowest BCUT2D eigenvalue weighted by atomic mass is 10.0. The Morgan fingerprint density at radius 2 is 1.90 bits per heavy atom. The highest BCUT2D eigenvalue weighted by Crippen LogP contribution is 2.28. The summed E-state index contributed by atoms with van der Waals surface area (Å²) in [4.78, 5) is 18.9. The summed E-state index contributed by atoms with van der Waals surface area (Å²) in [6.45, 7) is 8.82. The van der Waals surface area contributed by atoms with Crippen LogP contribution in [-0.2, 0) is 4.74 Å². The van der Waals surface area contributed by atoms with Gasteiger partial charge in [0.2, 0.25) is 0 Å². The second kappa shape index (κ2) is 8.21. The van der Waals surface area contributed by atoms with E-state index in [1.54, 1.807) is 12.4 Å². The van der Waals surface area contributed by atoms with E-state index in [0.717, 1.165) is 34.5 Å². The zero-order chi connectivity index (χ0) is 21.2. The Morgan fingerprint density at radius 1 is 1.14 bits per heavy atom. The zero-order valence-corrected chi connectivity index (χ0v) is 17.9.